The number of benzene rings is 3. The van der Waals surface area contributed by atoms with E-state index in [2.05, 4.69) is 72.8 Å². The number of fused-ring (bicyclic) bond motifs is 4. The highest BCUT2D eigenvalue weighted by molar-refractivity contribution is 5.85. The molecular weight excluding hydrogens is 292 g/mol. The summed E-state index contributed by atoms with van der Waals surface area (Å²) in [5.41, 5.74) is 8.61. The molecule has 0 saturated heterocycles. The maximum absolute atomic E-state index is 6.00. The third-order valence-electron chi connectivity index (χ3n) is 3.92. The third-order valence-corrected chi connectivity index (χ3v) is 3.92. The van der Waals surface area contributed by atoms with Gasteiger partial charge in [-0.3, -0.25) is 0 Å². The van der Waals surface area contributed by atoms with E-state index in [0.29, 0.717) is 0 Å². The molecule has 0 amide bonds. The first-order chi connectivity index (χ1) is 10.4. The third kappa shape index (κ3) is 2.72. The van der Waals surface area contributed by atoms with Gasteiger partial charge in [-0.05, 0) is 39.8 Å². The topological polar surface area (TPSA) is 47.6 Å². The fourth-order valence-corrected chi connectivity index (χ4v) is 2.74. The monoisotopic (exact) mass is 306 g/mol. The maximum Gasteiger partial charge on any atom is 0 e. The van der Waals surface area contributed by atoms with Crippen LogP contribution in [-0.4, -0.2) is 0 Å². The minimum Gasteiger partial charge on any atom is -0.147 e. The van der Waals surface area contributed by atoms with Gasteiger partial charge < -0.3 is 0 Å². The summed E-state index contributed by atoms with van der Waals surface area (Å²) >= 11 is 0. The Morgan fingerprint density at radius 1 is 0.545 bits per heavy atom. The van der Waals surface area contributed by atoms with Crippen LogP contribution in [0.15, 0.2) is 72.8 Å². The van der Waals surface area contributed by atoms with Gasteiger partial charge in [-0.2, -0.15) is 0 Å². The molecule has 22 heavy (non-hydrogen) atoms. The van der Waals surface area contributed by atoms with E-state index >= 15 is 0 Å². The van der Waals surface area contributed by atoms with Gasteiger partial charge in [-0.1, -0.05) is 72.8 Å². The summed E-state index contributed by atoms with van der Waals surface area (Å²) in [7, 11) is 0. The highest BCUT2D eigenvalue weighted by Crippen LogP contribution is 2.35. The second-order valence-corrected chi connectivity index (χ2v) is 5.07. The van der Waals surface area contributed by atoms with Crippen LogP contribution < -0.4 is 0 Å². The van der Waals surface area contributed by atoms with Gasteiger partial charge in [-0.25, -0.2) is 0 Å². The first-order valence-electron chi connectivity index (χ1n) is 6.88. The molecule has 0 bridgehead atoms. The van der Waals surface area contributed by atoms with Crippen LogP contribution >= 0.6 is 12.4 Å². The van der Waals surface area contributed by atoms with E-state index in [4.69, 9.17) is 10.8 Å². The summed E-state index contributed by atoms with van der Waals surface area (Å²) in [5, 5.41) is 12.0. The van der Waals surface area contributed by atoms with E-state index in [1.54, 1.807) is 0 Å². The summed E-state index contributed by atoms with van der Waals surface area (Å²) in [6, 6.07) is 25.8. The molecule has 0 fully saturated rings. The molecule has 0 spiro atoms. The average Bonchev–Trinajstić information content (AvgIpc) is 2.92. The fourth-order valence-electron chi connectivity index (χ4n) is 2.74. The Balaban J connectivity index is 0.000000165. The van der Waals surface area contributed by atoms with Crippen molar-refractivity contribution in [3.63, 3.8) is 0 Å². The van der Waals surface area contributed by atoms with Gasteiger partial charge >= 0.3 is 0 Å². The van der Waals surface area contributed by atoms with Crippen molar-refractivity contribution in [3.8, 4) is 22.3 Å². The van der Waals surface area contributed by atoms with Crippen LogP contribution in [0.25, 0.3) is 22.3 Å². The Hall–Kier alpha value is -2.63. The molecule has 2 aromatic carbocycles. The largest absolute Gasteiger partial charge is 0.147 e. The van der Waals surface area contributed by atoms with E-state index in [0.717, 1.165) is 6.42 Å². The molecule has 2 nitrogen and oxygen atoms in total. The maximum atomic E-state index is 6.00. The molecule has 0 heterocycles. The van der Waals surface area contributed by atoms with E-state index in [1.807, 2.05) is 0 Å². The quantitative estimate of drug-likeness (QED) is 0.361. The molecule has 3 heteroatoms. The molecule has 0 unspecified atom stereocenters. The highest BCUT2D eigenvalue weighted by atomic mass is 35.5. The second-order valence-electron chi connectivity index (χ2n) is 5.07. The van der Waals surface area contributed by atoms with Crippen molar-refractivity contribution in [2.75, 3.05) is 0 Å². The van der Waals surface area contributed by atoms with Crippen LogP contribution in [0.1, 0.15) is 11.1 Å². The Bertz CT molecular complexity index is 727. The molecule has 2 aromatic rings. The van der Waals surface area contributed by atoms with E-state index in [9.17, 15) is 0 Å². The lowest BCUT2D eigenvalue weighted by molar-refractivity contribution is 1.15. The molecular formula is C19H15ClN2. The predicted molar refractivity (Wildman–Crippen MR) is 90.8 cm³/mol. The first-order valence-corrected chi connectivity index (χ1v) is 6.88. The lowest BCUT2D eigenvalue weighted by Crippen LogP contribution is -1.85. The smallest absolute Gasteiger partial charge is 0 e. The molecule has 0 saturated carbocycles. The predicted octanol–water partition coefficient (Wildman–Crippen LogP) is 5.38. The standard InChI is InChI=1S/C13H10.C6H4.ClH.N2/c1-3-7-12-10(5-1)9-11-6-2-4-8-13(11)12;1-2-6-4-3-5(1)6;;1-2/h1-8H,9H2;1-4H;1H;. The van der Waals surface area contributed by atoms with Gasteiger partial charge in [0.05, 0.1) is 0 Å². The molecule has 108 valence electrons. The summed E-state index contributed by atoms with van der Waals surface area (Å²) in [4.78, 5) is 0. The highest BCUT2D eigenvalue weighted by Gasteiger charge is 2.15. The molecule has 0 aliphatic heterocycles. The van der Waals surface area contributed by atoms with Crippen LogP contribution in [0.5, 0.6) is 0 Å². The second kappa shape index (κ2) is 6.89. The number of hydrogen-bond acceptors (Lipinski definition) is 2. The summed E-state index contributed by atoms with van der Waals surface area (Å²) in [5.74, 6) is 0. The molecule has 3 aliphatic rings. The number of hydrogen-bond donors (Lipinski definition) is 0. The summed E-state index contributed by atoms with van der Waals surface area (Å²) in [6.45, 7) is 0. The minimum atomic E-state index is 0. The molecule has 3 aliphatic carbocycles. The minimum absolute atomic E-state index is 0. The zero-order chi connectivity index (χ0) is 14.7. The van der Waals surface area contributed by atoms with Crippen molar-refractivity contribution >= 4 is 12.4 Å². The number of rotatable bonds is 0. The molecule has 0 aromatic heterocycles. The van der Waals surface area contributed by atoms with Crippen molar-refractivity contribution in [2.45, 2.75) is 6.42 Å². The van der Waals surface area contributed by atoms with Crippen molar-refractivity contribution in [1.29, 1.82) is 10.8 Å². The van der Waals surface area contributed by atoms with Crippen molar-refractivity contribution in [1.82, 2.24) is 0 Å². The van der Waals surface area contributed by atoms with Gasteiger partial charge in [0.2, 0.25) is 0 Å². The van der Waals surface area contributed by atoms with Crippen LogP contribution in [-0.2, 0) is 6.42 Å². The summed E-state index contributed by atoms with van der Waals surface area (Å²) in [6.07, 6.45) is 1.10. The van der Waals surface area contributed by atoms with Crippen molar-refractivity contribution in [2.24, 2.45) is 0 Å². The Morgan fingerprint density at radius 2 is 0.909 bits per heavy atom. The van der Waals surface area contributed by atoms with E-state index in [1.165, 1.54) is 33.4 Å². The van der Waals surface area contributed by atoms with Crippen LogP contribution in [0.4, 0.5) is 0 Å². The summed E-state index contributed by atoms with van der Waals surface area (Å²) < 4.78 is 0. The number of halogens is 1. The SMILES string of the molecule is Cl.N#N.c1cc2ccc1-2.c1ccc2c(c1)Cc1ccccc1-2. The normalized spacial score (nSPS) is 10.5. The lowest BCUT2D eigenvalue weighted by atomic mass is 9.95. The average molecular weight is 307 g/mol. The fraction of sp³-hybridized carbons (Fsp3) is 0.0526. The Kier molecular flexibility index (Phi) is 4.93. The molecule has 0 N–H and O–H groups in total. The van der Waals surface area contributed by atoms with Crippen LogP contribution in [0.2, 0.25) is 0 Å². The van der Waals surface area contributed by atoms with Gasteiger partial charge in [0.15, 0.2) is 0 Å². The van der Waals surface area contributed by atoms with Gasteiger partial charge in [0.1, 0.15) is 0 Å². The van der Waals surface area contributed by atoms with E-state index in [-0.39, 0.29) is 12.4 Å². The van der Waals surface area contributed by atoms with Crippen molar-refractivity contribution < 1.29 is 0 Å². The van der Waals surface area contributed by atoms with Gasteiger partial charge in [-0.15, -0.1) is 12.4 Å². The molecule has 0 atom stereocenters. The Labute approximate surface area is 136 Å². The van der Waals surface area contributed by atoms with Crippen LogP contribution in [0, 0.1) is 10.8 Å². The zero-order valence-electron chi connectivity index (χ0n) is 11.9. The lowest BCUT2D eigenvalue weighted by Gasteiger charge is -2.10. The molecule has 0 radical (unpaired) electrons. The van der Waals surface area contributed by atoms with E-state index < -0.39 is 0 Å². The van der Waals surface area contributed by atoms with Crippen molar-refractivity contribution in [3.05, 3.63) is 83.9 Å². The number of nitrogens with zero attached hydrogens (tertiary/aromatic N) is 2. The van der Waals surface area contributed by atoms with Gasteiger partial charge in [0.25, 0.3) is 0 Å². The Morgan fingerprint density at radius 3 is 1.23 bits per heavy atom. The van der Waals surface area contributed by atoms with Crippen LogP contribution in [0.3, 0.4) is 0 Å². The first kappa shape index (κ1) is 15.8. The molecule has 5 rings (SSSR count). The van der Waals surface area contributed by atoms with Gasteiger partial charge in [0, 0.05) is 10.8 Å². The zero-order valence-corrected chi connectivity index (χ0v) is 12.8.